The molecule has 1 aromatic rings. The van der Waals surface area contributed by atoms with Gasteiger partial charge in [-0.2, -0.15) is 0 Å². The van der Waals surface area contributed by atoms with Crippen molar-refractivity contribution >= 4 is 33.0 Å². The number of likely N-dealkylation sites (tertiary alicyclic amines) is 1. The largest absolute Gasteiger partial charge is 0.345 e. The first-order chi connectivity index (χ1) is 10.4. The molecular formula is C13H17N3O4S2. The molecule has 0 bridgehead atoms. The van der Waals surface area contributed by atoms with Gasteiger partial charge in [0.1, 0.15) is 5.69 Å². The maximum atomic E-state index is 12.3. The fraction of sp³-hybridized carbons (Fsp3) is 0.615. The lowest BCUT2D eigenvalue weighted by molar-refractivity contribution is 0.0742. The molecule has 0 radical (unpaired) electrons. The number of amides is 2. The summed E-state index contributed by atoms with van der Waals surface area (Å²) in [5.41, 5.74) is 0.283. The Hall–Kier alpha value is -1.48. The van der Waals surface area contributed by atoms with Gasteiger partial charge in [0.2, 0.25) is 0 Å². The Balaban J connectivity index is 1.63. The molecule has 1 aromatic heterocycles. The van der Waals surface area contributed by atoms with Gasteiger partial charge >= 0.3 is 0 Å². The SMILES string of the molecule is C[C@H]1CCCN1C(=O)c1csc(C(=O)NC2CS(=O)(=O)C2)n1. The molecule has 3 rings (SSSR count). The van der Waals surface area contributed by atoms with Crippen LogP contribution in [0.2, 0.25) is 0 Å². The summed E-state index contributed by atoms with van der Waals surface area (Å²) >= 11 is 1.10. The molecule has 0 saturated carbocycles. The van der Waals surface area contributed by atoms with E-state index in [-0.39, 0.29) is 40.2 Å². The van der Waals surface area contributed by atoms with Crippen molar-refractivity contribution in [3.8, 4) is 0 Å². The van der Waals surface area contributed by atoms with Crippen molar-refractivity contribution in [1.29, 1.82) is 0 Å². The van der Waals surface area contributed by atoms with Gasteiger partial charge in [0.05, 0.1) is 17.5 Å². The minimum absolute atomic E-state index is 0.0266. The van der Waals surface area contributed by atoms with E-state index >= 15 is 0 Å². The summed E-state index contributed by atoms with van der Waals surface area (Å²) in [5.74, 6) is -0.618. The van der Waals surface area contributed by atoms with Gasteiger partial charge in [0.25, 0.3) is 11.8 Å². The van der Waals surface area contributed by atoms with Gasteiger partial charge in [-0.15, -0.1) is 11.3 Å². The molecule has 2 aliphatic rings. The van der Waals surface area contributed by atoms with Crippen molar-refractivity contribution < 1.29 is 18.0 Å². The van der Waals surface area contributed by atoms with E-state index < -0.39 is 15.7 Å². The number of aromatic nitrogens is 1. The molecule has 0 aromatic carbocycles. The standard InChI is InChI=1S/C13H17N3O4S2/c1-8-3-2-4-16(8)13(18)10-5-21-12(15-10)11(17)14-9-6-22(19,20)7-9/h5,8-9H,2-4,6-7H2,1H3,(H,14,17)/t8-/m0/s1. The summed E-state index contributed by atoms with van der Waals surface area (Å²) in [7, 11) is -2.98. The van der Waals surface area contributed by atoms with Crippen LogP contribution < -0.4 is 5.32 Å². The van der Waals surface area contributed by atoms with Gasteiger partial charge in [-0.05, 0) is 19.8 Å². The highest BCUT2D eigenvalue weighted by molar-refractivity contribution is 7.92. The predicted octanol–water partition coefficient (Wildman–Crippen LogP) is 0.294. The van der Waals surface area contributed by atoms with Crippen LogP contribution in [0, 0.1) is 0 Å². The van der Waals surface area contributed by atoms with Gasteiger partial charge in [0, 0.05) is 18.0 Å². The Labute approximate surface area is 132 Å². The third kappa shape index (κ3) is 3.00. The van der Waals surface area contributed by atoms with Crippen LogP contribution in [0.4, 0.5) is 0 Å². The van der Waals surface area contributed by atoms with Crippen LogP contribution in [-0.4, -0.2) is 60.3 Å². The summed E-state index contributed by atoms with van der Waals surface area (Å²) < 4.78 is 22.1. The molecule has 0 spiro atoms. The predicted molar refractivity (Wildman–Crippen MR) is 81.8 cm³/mol. The van der Waals surface area contributed by atoms with Crippen molar-refractivity contribution in [2.24, 2.45) is 0 Å². The van der Waals surface area contributed by atoms with Gasteiger partial charge in [-0.25, -0.2) is 13.4 Å². The van der Waals surface area contributed by atoms with Crippen LogP contribution in [0.15, 0.2) is 5.38 Å². The normalized spacial score (nSPS) is 24.0. The summed E-state index contributed by atoms with van der Waals surface area (Å²) in [6.07, 6.45) is 1.97. The third-order valence-corrected chi connectivity index (χ3v) is 6.64. The number of rotatable bonds is 3. The quantitative estimate of drug-likeness (QED) is 0.851. The summed E-state index contributed by atoms with van der Waals surface area (Å²) in [4.78, 5) is 30.2. The molecule has 9 heteroatoms. The number of thiazole rings is 1. The van der Waals surface area contributed by atoms with E-state index in [2.05, 4.69) is 10.3 Å². The topological polar surface area (TPSA) is 96.4 Å². The minimum Gasteiger partial charge on any atom is -0.345 e. The summed E-state index contributed by atoms with van der Waals surface area (Å²) in [6, 6.07) is -0.147. The van der Waals surface area contributed by atoms with Crippen molar-refractivity contribution in [3.05, 3.63) is 16.1 Å². The number of nitrogens with one attached hydrogen (secondary N) is 1. The third-order valence-electron chi connectivity index (χ3n) is 3.98. The molecule has 1 N–H and O–H groups in total. The van der Waals surface area contributed by atoms with Gasteiger partial charge in [-0.3, -0.25) is 9.59 Å². The Bertz CT molecular complexity index is 701. The van der Waals surface area contributed by atoms with Crippen LogP contribution in [0.5, 0.6) is 0 Å². The first-order valence-corrected chi connectivity index (χ1v) is 9.83. The average molecular weight is 343 g/mol. The highest BCUT2D eigenvalue weighted by atomic mass is 32.2. The van der Waals surface area contributed by atoms with Crippen LogP contribution in [0.25, 0.3) is 0 Å². The molecule has 22 heavy (non-hydrogen) atoms. The van der Waals surface area contributed by atoms with E-state index in [0.717, 1.165) is 30.7 Å². The Kier molecular flexibility index (Phi) is 3.94. The molecule has 0 aliphatic carbocycles. The number of carbonyl (C=O) groups excluding carboxylic acids is 2. The lowest BCUT2D eigenvalue weighted by Gasteiger charge is -2.25. The molecule has 120 valence electrons. The summed E-state index contributed by atoms with van der Waals surface area (Å²) in [6.45, 7) is 2.72. The zero-order valence-corrected chi connectivity index (χ0v) is 13.7. The number of carbonyl (C=O) groups is 2. The Morgan fingerprint density at radius 3 is 2.73 bits per heavy atom. The van der Waals surface area contributed by atoms with E-state index in [0.29, 0.717) is 0 Å². The van der Waals surface area contributed by atoms with Crippen LogP contribution in [0.1, 0.15) is 40.1 Å². The second kappa shape index (κ2) is 5.62. The number of hydrogen-bond acceptors (Lipinski definition) is 6. The van der Waals surface area contributed by atoms with E-state index in [1.165, 1.54) is 0 Å². The maximum Gasteiger partial charge on any atom is 0.280 e. The average Bonchev–Trinajstić information content (AvgIpc) is 3.04. The minimum atomic E-state index is -2.98. The Morgan fingerprint density at radius 2 is 2.14 bits per heavy atom. The smallest absolute Gasteiger partial charge is 0.280 e. The maximum absolute atomic E-state index is 12.3. The van der Waals surface area contributed by atoms with E-state index in [1.54, 1.807) is 10.3 Å². The van der Waals surface area contributed by atoms with E-state index in [9.17, 15) is 18.0 Å². The lowest BCUT2D eigenvalue weighted by Crippen LogP contribution is -2.52. The second-order valence-corrected chi connectivity index (χ2v) is 8.79. The zero-order valence-electron chi connectivity index (χ0n) is 12.1. The fourth-order valence-corrected chi connectivity index (χ4v) is 4.74. The van der Waals surface area contributed by atoms with Crippen LogP contribution in [-0.2, 0) is 9.84 Å². The number of hydrogen-bond donors (Lipinski definition) is 1. The van der Waals surface area contributed by atoms with E-state index in [4.69, 9.17) is 0 Å². The van der Waals surface area contributed by atoms with Crippen molar-refractivity contribution in [2.75, 3.05) is 18.1 Å². The molecule has 2 fully saturated rings. The zero-order chi connectivity index (χ0) is 15.9. The van der Waals surface area contributed by atoms with Crippen LogP contribution >= 0.6 is 11.3 Å². The first-order valence-electron chi connectivity index (χ1n) is 7.13. The molecule has 2 saturated heterocycles. The van der Waals surface area contributed by atoms with Crippen molar-refractivity contribution in [1.82, 2.24) is 15.2 Å². The lowest BCUT2D eigenvalue weighted by atomic mass is 10.2. The molecule has 1 atom stereocenters. The van der Waals surface area contributed by atoms with Crippen molar-refractivity contribution in [2.45, 2.75) is 31.8 Å². The molecule has 0 unspecified atom stereocenters. The monoisotopic (exact) mass is 343 g/mol. The van der Waals surface area contributed by atoms with Gasteiger partial charge in [0.15, 0.2) is 14.8 Å². The van der Waals surface area contributed by atoms with Crippen LogP contribution in [0.3, 0.4) is 0 Å². The molecule has 3 heterocycles. The molecular weight excluding hydrogens is 326 g/mol. The van der Waals surface area contributed by atoms with Gasteiger partial charge < -0.3 is 10.2 Å². The number of nitrogens with zero attached hydrogens (tertiary/aromatic N) is 2. The first kappa shape index (κ1) is 15.4. The summed E-state index contributed by atoms with van der Waals surface area (Å²) in [5, 5.41) is 4.40. The fourth-order valence-electron chi connectivity index (χ4n) is 2.75. The number of sulfone groups is 1. The Morgan fingerprint density at radius 1 is 1.41 bits per heavy atom. The van der Waals surface area contributed by atoms with Gasteiger partial charge in [-0.1, -0.05) is 0 Å². The highest BCUT2D eigenvalue weighted by Gasteiger charge is 2.35. The van der Waals surface area contributed by atoms with E-state index in [1.807, 2.05) is 6.92 Å². The molecule has 7 nitrogen and oxygen atoms in total. The molecule has 2 aliphatic heterocycles. The second-order valence-electron chi connectivity index (χ2n) is 5.77. The highest BCUT2D eigenvalue weighted by Crippen LogP contribution is 2.21. The molecule has 2 amide bonds. The van der Waals surface area contributed by atoms with Crippen molar-refractivity contribution in [3.63, 3.8) is 0 Å².